The molecule has 3 rings (SSSR count). The molecule has 0 radical (unpaired) electrons. The molecule has 1 aromatic heterocycles. The third-order valence-electron chi connectivity index (χ3n) is 4.96. The van der Waals surface area contributed by atoms with Crippen molar-refractivity contribution in [2.24, 2.45) is 11.8 Å². The Morgan fingerprint density at radius 3 is 2.56 bits per heavy atom. The van der Waals surface area contributed by atoms with Crippen LogP contribution in [0.25, 0.3) is 0 Å². The van der Waals surface area contributed by atoms with E-state index in [4.69, 9.17) is 0 Å². The van der Waals surface area contributed by atoms with Gasteiger partial charge in [-0.05, 0) is 30.5 Å². The van der Waals surface area contributed by atoms with Crippen LogP contribution >= 0.6 is 0 Å². The average molecular weight is 367 g/mol. The van der Waals surface area contributed by atoms with Crippen LogP contribution in [0.3, 0.4) is 0 Å². The van der Waals surface area contributed by atoms with Crippen LogP contribution < -0.4 is 5.32 Å². The number of amides is 1. The zero-order valence-electron chi connectivity index (χ0n) is 15.5. The van der Waals surface area contributed by atoms with Gasteiger partial charge in [-0.25, -0.2) is 0 Å². The number of carboxylic acids is 1. The van der Waals surface area contributed by atoms with Crippen molar-refractivity contribution in [3.63, 3.8) is 0 Å². The lowest BCUT2D eigenvalue weighted by Crippen LogP contribution is -2.47. The predicted octanol–water partition coefficient (Wildman–Crippen LogP) is 2.23. The van der Waals surface area contributed by atoms with Crippen molar-refractivity contribution in [3.8, 4) is 0 Å². The molecule has 142 valence electrons. The summed E-state index contributed by atoms with van der Waals surface area (Å²) in [5.74, 6) is -1.80. The van der Waals surface area contributed by atoms with Crippen LogP contribution in [-0.2, 0) is 22.7 Å². The number of hydrogen-bond donors (Lipinski definition) is 2. The van der Waals surface area contributed by atoms with Gasteiger partial charge in [-0.2, -0.15) is 0 Å². The first-order valence-electron chi connectivity index (χ1n) is 9.18. The number of carbonyl (C=O) groups is 2. The molecule has 27 heavy (non-hydrogen) atoms. The number of nitrogens with one attached hydrogen (secondary N) is 1. The summed E-state index contributed by atoms with van der Waals surface area (Å²) in [5.41, 5.74) is 3.24. The van der Waals surface area contributed by atoms with E-state index in [9.17, 15) is 14.7 Å². The van der Waals surface area contributed by atoms with Crippen molar-refractivity contribution >= 4 is 11.9 Å². The van der Waals surface area contributed by atoms with Crippen LogP contribution in [0.15, 0.2) is 48.8 Å². The number of aliphatic carboxylic acids is 1. The number of benzene rings is 1. The fourth-order valence-electron chi connectivity index (χ4n) is 3.48. The quantitative estimate of drug-likeness (QED) is 0.818. The molecule has 6 heteroatoms. The Kier molecular flexibility index (Phi) is 6.19. The number of pyridine rings is 1. The van der Waals surface area contributed by atoms with Crippen LogP contribution in [0.5, 0.6) is 0 Å². The molecule has 1 amide bonds. The van der Waals surface area contributed by atoms with Gasteiger partial charge in [0.1, 0.15) is 0 Å². The number of aryl methyl sites for hydroxylation is 1. The Balaban J connectivity index is 1.63. The highest BCUT2D eigenvalue weighted by atomic mass is 16.4. The first-order chi connectivity index (χ1) is 13.0. The highest BCUT2D eigenvalue weighted by molar-refractivity contribution is 5.80. The topological polar surface area (TPSA) is 82.5 Å². The Morgan fingerprint density at radius 2 is 1.89 bits per heavy atom. The molecule has 0 bridgehead atoms. The van der Waals surface area contributed by atoms with E-state index in [1.54, 1.807) is 12.4 Å². The van der Waals surface area contributed by atoms with Gasteiger partial charge in [0.2, 0.25) is 5.91 Å². The van der Waals surface area contributed by atoms with Gasteiger partial charge in [-0.15, -0.1) is 0 Å². The third-order valence-corrected chi connectivity index (χ3v) is 4.96. The molecule has 0 unspecified atom stereocenters. The third kappa shape index (κ3) is 5.37. The summed E-state index contributed by atoms with van der Waals surface area (Å²) >= 11 is 0. The maximum absolute atomic E-state index is 12.6. The number of carboxylic acid groups (broad SMARTS) is 1. The minimum absolute atomic E-state index is 0.0984. The maximum Gasteiger partial charge on any atom is 0.307 e. The first-order valence-corrected chi connectivity index (χ1v) is 9.18. The summed E-state index contributed by atoms with van der Waals surface area (Å²) in [7, 11) is 0. The van der Waals surface area contributed by atoms with Crippen molar-refractivity contribution in [2.45, 2.75) is 26.4 Å². The lowest BCUT2D eigenvalue weighted by Gasteiger charge is -2.35. The van der Waals surface area contributed by atoms with E-state index in [2.05, 4.69) is 27.3 Å². The minimum Gasteiger partial charge on any atom is -0.481 e. The van der Waals surface area contributed by atoms with Crippen molar-refractivity contribution in [2.75, 3.05) is 13.1 Å². The molecule has 2 N–H and O–H groups in total. The van der Waals surface area contributed by atoms with E-state index >= 15 is 0 Å². The molecular formula is C21H25N3O3. The van der Waals surface area contributed by atoms with E-state index in [0.29, 0.717) is 32.6 Å². The Morgan fingerprint density at radius 1 is 1.15 bits per heavy atom. The predicted molar refractivity (Wildman–Crippen MR) is 102 cm³/mol. The molecule has 0 aliphatic carbocycles. The van der Waals surface area contributed by atoms with Gasteiger partial charge in [-0.1, -0.05) is 35.9 Å². The fraction of sp³-hybridized carbons (Fsp3) is 0.381. The van der Waals surface area contributed by atoms with Gasteiger partial charge in [0.25, 0.3) is 0 Å². The summed E-state index contributed by atoms with van der Waals surface area (Å²) in [6.07, 6.45) is 3.77. The molecule has 1 aliphatic rings. The van der Waals surface area contributed by atoms with Crippen molar-refractivity contribution < 1.29 is 14.7 Å². The molecule has 1 fully saturated rings. The molecule has 2 heterocycles. The van der Waals surface area contributed by atoms with Crippen molar-refractivity contribution in [3.05, 3.63) is 65.5 Å². The SMILES string of the molecule is Cc1ccc(CN2C[C@@H](C(=O)O)C[C@@H](C(=O)NCc3cccnc3)C2)cc1. The molecule has 1 aromatic carbocycles. The molecular weight excluding hydrogens is 342 g/mol. The Bertz CT molecular complexity index is 777. The monoisotopic (exact) mass is 367 g/mol. The van der Waals surface area contributed by atoms with Crippen LogP contribution in [0.1, 0.15) is 23.1 Å². The van der Waals surface area contributed by atoms with Crippen molar-refractivity contribution in [1.29, 1.82) is 0 Å². The van der Waals surface area contributed by atoms with Gasteiger partial charge < -0.3 is 10.4 Å². The number of aromatic nitrogens is 1. The van der Waals surface area contributed by atoms with E-state index in [-0.39, 0.29) is 11.8 Å². The van der Waals surface area contributed by atoms with Gasteiger partial charge in [0, 0.05) is 38.6 Å². The molecule has 2 atom stereocenters. The lowest BCUT2D eigenvalue weighted by atomic mass is 9.88. The van der Waals surface area contributed by atoms with E-state index in [1.807, 2.05) is 31.2 Å². The number of rotatable bonds is 6. The van der Waals surface area contributed by atoms with E-state index in [1.165, 1.54) is 5.56 Å². The smallest absolute Gasteiger partial charge is 0.307 e. The standard InChI is InChI=1S/C21H25N3O3/c1-15-4-6-16(7-5-15)12-24-13-18(9-19(14-24)21(26)27)20(25)23-11-17-3-2-8-22-10-17/h2-8,10,18-19H,9,11-14H2,1H3,(H,23,25)(H,26,27)/t18-,19+/m1/s1. The number of nitrogens with zero attached hydrogens (tertiary/aromatic N) is 2. The van der Waals surface area contributed by atoms with E-state index in [0.717, 1.165) is 11.1 Å². The maximum atomic E-state index is 12.6. The lowest BCUT2D eigenvalue weighted by molar-refractivity contribution is -0.145. The van der Waals surface area contributed by atoms with E-state index < -0.39 is 11.9 Å². The summed E-state index contributed by atoms with van der Waals surface area (Å²) in [6.45, 7) is 4.12. The van der Waals surface area contributed by atoms with Gasteiger partial charge in [0.15, 0.2) is 0 Å². The normalized spacial score (nSPS) is 20.2. The number of carbonyl (C=O) groups excluding carboxylic acids is 1. The van der Waals surface area contributed by atoms with Crippen LogP contribution in [0, 0.1) is 18.8 Å². The summed E-state index contributed by atoms with van der Waals surface area (Å²) in [5, 5.41) is 12.4. The summed E-state index contributed by atoms with van der Waals surface area (Å²) in [6, 6.07) is 11.9. The summed E-state index contributed by atoms with van der Waals surface area (Å²) in [4.78, 5) is 30.3. The molecule has 1 aliphatic heterocycles. The van der Waals surface area contributed by atoms with Gasteiger partial charge in [0.05, 0.1) is 11.8 Å². The molecule has 6 nitrogen and oxygen atoms in total. The highest BCUT2D eigenvalue weighted by Gasteiger charge is 2.34. The first kappa shape index (κ1) is 19.0. The number of hydrogen-bond acceptors (Lipinski definition) is 4. The second kappa shape index (κ2) is 8.77. The number of piperidine rings is 1. The van der Waals surface area contributed by atoms with Gasteiger partial charge >= 0.3 is 5.97 Å². The van der Waals surface area contributed by atoms with Crippen molar-refractivity contribution in [1.82, 2.24) is 15.2 Å². The fourth-order valence-corrected chi connectivity index (χ4v) is 3.48. The molecule has 1 saturated heterocycles. The number of likely N-dealkylation sites (tertiary alicyclic amines) is 1. The molecule has 0 saturated carbocycles. The second-order valence-electron chi connectivity index (χ2n) is 7.23. The zero-order valence-corrected chi connectivity index (χ0v) is 15.5. The molecule has 2 aromatic rings. The Labute approximate surface area is 159 Å². The van der Waals surface area contributed by atoms with Crippen LogP contribution in [0.2, 0.25) is 0 Å². The average Bonchev–Trinajstić information content (AvgIpc) is 2.68. The zero-order chi connectivity index (χ0) is 19.2. The van der Waals surface area contributed by atoms with Gasteiger partial charge in [-0.3, -0.25) is 19.5 Å². The molecule has 0 spiro atoms. The second-order valence-corrected chi connectivity index (χ2v) is 7.23. The minimum atomic E-state index is -0.839. The largest absolute Gasteiger partial charge is 0.481 e. The summed E-state index contributed by atoms with van der Waals surface area (Å²) < 4.78 is 0. The Hall–Kier alpha value is -2.73. The van der Waals surface area contributed by atoms with Crippen LogP contribution in [-0.4, -0.2) is 40.0 Å². The van der Waals surface area contributed by atoms with Crippen LogP contribution in [0.4, 0.5) is 0 Å². The highest BCUT2D eigenvalue weighted by Crippen LogP contribution is 2.24.